The van der Waals surface area contributed by atoms with Gasteiger partial charge in [0.05, 0.1) is 12.8 Å². The highest BCUT2D eigenvalue weighted by Gasteiger charge is 2.35. The largest absolute Gasteiger partial charge is 0.496 e. The zero-order valence-electron chi connectivity index (χ0n) is 19.7. The van der Waals surface area contributed by atoms with Crippen LogP contribution >= 0.6 is 0 Å². The van der Waals surface area contributed by atoms with Crippen molar-refractivity contribution in [3.8, 4) is 28.1 Å². The van der Waals surface area contributed by atoms with Gasteiger partial charge in [-0.3, -0.25) is 9.88 Å². The summed E-state index contributed by atoms with van der Waals surface area (Å²) in [5, 5.41) is 0. The van der Waals surface area contributed by atoms with E-state index in [4.69, 9.17) is 4.74 Å². The van der Waals surface area contributed by atoms with E-state index in [2.05, 4.69) is 45.3 Å². The molecule has 0 aliphatic carbocycles. The summed E-state index contributed by atoms with van der Waals surface area (Å²) in [6.07, 6.45) is 10.3. The molecule has 176 valence electrons. The number of methoxy groups -OCH3 is 1. The van der Waals surface area contributed by atoms with Gasteiger partial charge in [0.15, 0.2) is 0 Å². The lowest BCUT2D eigenvalue weighted by molar-refractivity contribution is 0.285. The summed E-state index contributed by atoms with van der Waals surface area (Å²) in [6, 6.07) is 19.6. The third-order valence-electron chi connectivity index (χ3n) is 7.42. The summed E-state index contributed by atoms with van der Waals surface area (Å²) in [5.74, 6) is 1.22. The Morgan fingerprint density at radius 2 is 1.80 bits per heavy atom. The van der Waals surface area contributed by atoms with Crippen LogP contribution in [0.3, 0.4) is 0 Å². The van der Waals surface area contributed by atoms with Crippen LogP contribution in [0.1, 0.15) is 29.9 Å². The van der Waals surface area contributed by atoms with Crippen molar-refractivity contribution in [2.45, 2.75) is 24.8 Å². The maximum absolute atomic E-state index is 13.6. The number of hydrogen-bond donors (Lipinski definition) is 1. The normalized spacial score (nSPS) is 19.9. The standard InChI is InChI=1S/C30H28FN3O/c1-35-28-5-3-2-4-26(28)23-17-25-16-22(12-15-34(25)19-23)27-18-33-30(21-6-8-24(31)9-7-21)29(27)20-10-13-32-14-11-20/h2-11,13-14,16,18,23,25,33H,12,15,17,19H2,1H3/t23-,25-/m1/s1. The van der Waals surface area contributed by atoms with Crippen molar-refractivity contribution < 1.29 is 9.13 Å². The summed E-state index contributed by atoms with van der Waals surface area (Å²) in [6.45, 7) is 2.09. The van der Waals surface area contributed by atoms with Gasteiger partial charge in [0, 0.05) is 54.8 Å². The molecule has 1 saturated heterocycles. The number of hydrogen-bond acceptors (Lipinski definition) is 3. The topological polar surface area (TPSA) is 41.1 Å². The summed E-state index contributed by atoms with van der Waals surface area (Å²) in [4.78, 5) is 10.3. The Balaban J connectivity index is 1.37. The predicted octanol–water partition coefficient (Wildman–Crippen LogP) is 6.54. The van der Waals surface area contributed by atoms with Crippen LogP contribution in [0.4, 0.5) is 4.39 Å². The number of para-hydroxylation sites is 1. The van der Waals surface area contributed by atoms with Gasteiger partial charge in [0.1, 0.15) is 11.6 Å². The maximum Gasteiger partial charge on any atom is 0.123 e. The highest BCUT2D eigenvalue weighted by atomic mass is 19.1. The van der Waals surface area contributed by atoms with Crippen molar-refractivity contribution in [2.75, 3.05) is 20.2 Å². The molecule has 0 bridgehead atoms. The van der Waals surface area contributed by atoms with E-state index in [0.29, 0.717) is 12.0 Å². The van der Waals surface area contributed by atoms with Gasteiger partial charge in [-0.25, -0.2) is 4.39 Å². The number of nitrogens with one attached hydrogen (secondary N) is 1. The van der Waals surface area contributed by atoms with E-state index in [9.17, 15) is 4.39 Å². The van der Waals surface area contributed by atoms with Crippen LogP contribution in [0.15, 0.2) is 85.3 Å². The average Bonchev–Trinajstić information content (AvgIpc) is 3.54. The Kier molecular flexibility index (Phi) is 5.71. The molecule has 4 heterocycles. The minimum atomic E-state index is -0.230. The highest BCUT2D eigenvalue weighted by molar-refractivity contribution is 5.91. The summed E-state index contributed by atoms with van der Waals surface area (Å²) in [7, 11) is 1.75. The third kappa shape index (κ3) is 4.06. The first-order valence-corrected chi connectivity index (χ1v) is 12.2. The van der Waals surface area contributed by atoms with Gasteiger partial charge >= 0.3 is 0 Å². The van der Waals surface area contributed by atoms with E-state index < -0.39 is 0 Å². The van der Waals surface area contributed by atoms with E-state index in [1.54, 1.807) is 7.11 Å². The molecule has 2 aromatic carbocycles. The average molecular weight is 466 g/mol. The molecule has 35 heavy (non-hydrogen) atoms. The number of rotatable bonds is 5. The molecule has 0 unspecified atom stereocenters. The highest BCUT2D eigenvalue weighted by Crippen LogP contribution is 2.43. The summed E-state index contributed by atoms with van der Waals surface area (Å²) < 4.78 is 19.3. The van der Waals surface area contributed by atoms with Crippen LogP contribution in [0, 0.1) is 5.82 Å². The first-order chi connectivity index (χ1) is 17.2. The molecule has 2 aliphatic heterocycles. The van der Waals surface area contributed by atoms with Gasteiger partial charge in [0.25, 0.3) is 0 Å². The van der Waals surface area contributed by atoms with Crippen molar-refractivity contribution in [1.29, 1.82) is 0 Å². The molecule has 6 rings (SSSR count). The fraction of sp³-hybridized carbons (Fsp3) is 0.233. The van der Waals surface area contributed by atoms with Gasteiger partial charge in [-0.15, -0.1) is 0 Å². The predicted molar refractivity (Wildman–Crippen MR) is 138 cm³/mol. The van der Waals surface area contributed by atoms with Gasteiger partial charge in [-0.1, -0.05) is 24.3 Å². The van der Waals surface area contributed by atoms with Gasteiger partial charge in [0.2, 0.25) is 0 Å². The van der Waals surface area contributed by atoms with Crippen molar-refractivity contribution >= 4 is 5.57 Å². The fourth-order valence-electron chi connectivity index (χ4n) is 5.74. The maximum atomic E-state index is 13.6. The molecule has 1 fully saturated rings. The number of aromatic nitrogens is 2. The number of H-pyrrole nitrogens is 1. The molecular weight excluding hydrogens is 437 g/mol. The summed E-state index contributed by atoms with van der Waals surface area (Å²) >= 11 is 0. The van der Waals surface area contributed by atoms with Gasteiger partial charge in [-0.05, 0) is 77.6 Å². The molecule has 0 spiro atoms. The molecule has 0 saturated carbocycles. The van der Waals surface area contributed by atoms with Crippen LogP contribution < -0.4 is 4.74 Å². The molecule has 0 radical (unpaired) electrons. The summed E-state index contributed by atoms with van der Waals surface area (Å²) in [5.41, 5.74) is 8.12. The smallest absolute Gasteiger partial charge is 0.123 e. The lowest BCUT2D eigenvalue weighted by Crippen LogP contribution is -2.32. The van der Waals surface area contributed by atoms with Crippen LogP contribution in [-0.2, 0) is 0 Å². The lowest BCUT2D eigenvalue weighted by atomic mass is 9.90. The second-order valence-electron chi connectivity index (χ2n) is 9.37. The Bertz CT molecular complexity index is 1360. The minimum Gasteiger partial charge on any atom is -0.496 e. The van der Waals surface area contributed by atoms with Crippen molar-refractivity contribution in [1.82, 2.24) is 14.9 Å². The van der Waals surface area contributed by atoms with E-state index in [0.717, 1.165) is 54.1 Å². The molecule has 1 N–H and O–H groups in total. The van der Waals surface area contributed by atoms with Crippen LogP contribution in [0.25, 0.3) is 28.0 Å². The van der Waals surface area contributed by atoms with Crippen molar-refractivity contribution in [3.05, 3.63) is 102 Å². The van der Waals surface area contributed by atoms with Crippen LogP contribution in [-0.4, -0.2) is 41.1 Å². The Labute approximate surface area is 205 Å². The Morgan fingerprint density at radius 1 is 1.00 bits per heavy atom. The Hall–Kier alpha value is -3.70. The number of pyridine rings is 1. The molecule has 0 amide bonds. The zero-order chi connectivity index (χ0) is 23.8. The molecular formula is C30H28FN3O. The monoisotopic (exact) mass is 465 g/mol. The zero-order valence-corrected chi connectivity index (χ0v) is 19.7. The van der Waals surface area contributed by atoms with E-state index in [1.165, 1.54) is 28.8 Å². The SMILES string of the molecule is COc1ccccc1[C@@H]1C[C@H]2C=C(c3c[nH]c(-c4ccc(F)cc4)c3-c3ccncc3)CCN2C1. The number of aromatic amines is 1. The number of halogens is 1. The van der Waals surface area contributed by atoms with Gasteiger partial charge < -0.3 is 9.72 Å². The number of nitrogens with zero attached hydrogens (tertiary/aromatic N) is 2. The molecule has 5 heteroatoms. The van der Waals surface area contributed by atoms with Crippen molar-refractivity contribution in [3.63, 3.8) is 0 Å². The van der Waals surface area contributed by atoms with E-state index in [-0.39, 0.29) is 5.82 Å². The second kappa shape index (κ2) is 9.16. The van der Waals surface area contributed by atoms with Gasteiger partial charge in [-0.2, -0.15) is 0 Å². The number of benzene rings is 2. The number of fused-ring (bicyclic) bond motifs is 1. The quantitative estimate of drug-likeness (QED) is 0.364. The first-order valence-electron chi connectivity index (χ1n) is 12.2. The van der Waals surface area contributed by atoms with Crippen molar-refractivity contribution in [2.24, 2.45) is 0 Å². The number of ether oxygens (including phenoxy) is 1. The molecule has 2 atom stereocenters. The molecule has 2 aromatic heterocycles. The Morgan fingerprint density at radius 3 is 2.60 bits per heavy atom. The van der Waals surface area contributed by atoms with Crippen LogP contribution in [0.2, 0.25) is 0 Å². The molecule has 4 aromatic rings. The lowest BCUT2D eigenvalue weighted by Gasteiger charge is -2.28. The molecule has 2 aliphatic rings. The van der Waals surface area contributed by atoms with E-state index >= 15 is 0 Å². The third-order valence-corrected chi connectivity index (χ3v) is 7.42. The molecule has 4 nitrogen and oxygen atoms in total. The minimum absolute atomic E-state index is 0.230. The fourth-order valence-corrected chi connectivity index (χ4v) is 5.74. The first kappa shape index (κ1) is 21.8. The van der Waals surface area contributed by atoms with E-state index in [1.807, 2.05) is 42.7 Å². The second-order valence-corrected chi connectivity index (χ2v) is 9.37. The van der Waals surface area contributed by atoms with Crippen LogP contribution in [0.5, 0.6) is 5.75 Å².